The SMILES string of the molecule is Cc1cc(C(=O)NC[C@H]2CC(=O)N(C3CCCC3)C2)c2cccc(Cl)c2n1. The molecule has 6 heteroatoms. The summed E-state index contributed by atoms with van der Waals surface area (Å²) in [5, 5.41) is 4.31. The molecule has 1 N–H and O–H groups in total. The van der Waals surface area contributed by atoms with Gasteiger partial charge in [0, 0.05) is 42.6 Å². The molecule has 0 bridgehead atoms. The van der Waals surface area contributed by atoms with E-state index in [4.69, 9.17) is 11.6 Å². The number of rotatable bonds is 4. The van der Waals surface area contributed by atoms with Crippen molar-refractivity contribution in [1.82, 2.24) is 15.2 Å². The van der Waals surface area contributed by atoms with E-state index >= 15 is 0 Å². The second kappa shape index (κ2) is 7.47. The molecular weight excluding hydrogens is 362 g/mol. The number of fused-ring (bicyclic) bond motifs is 1. The average Bonchev–Trinajstić information content (AvgIpc) is 3.29. The molecular formula is C21H24ClN3O2. The van der Waals surface area contributed by atoms with Crippen LogP contribution in [0.15, 0.2) is 24.3 Å². The number of nitrogens with zero attached hydrogens (tertiary/aromatic N) is 2. The lowest BCUT2D eigenvalue weighted by Crippen LogP contribution is -2.36. The van der Waals surface area contributed by atoms with Crippen molar-refractivity contribution in [1.29, 1.82) is 0 Å². The van der Waals surface area contributed by atoms with Gasteiger partial charge in [0.25, 0.3) is 5.91 Å². The van der Waals surface area contributed by atoms with E-state index in [9.17, 15) is 9.59 Å². The van der Waals surface area contributed by atoms with Crippen LogP contribution in [0, 0.1) is 12.8 Å². The second-order valence-corrected chi connectivity index (χ2v) is 8.12. The third-order valence-corrected chi connectivity index (χ3v) is 6.02. The highest BCUT2D eigenvalue weighted by Gasteiger charge is 2.35. The van der Waals surface area contributed by atoms with Crippen LogP contribution in [0.5, 0.6) is 0 Å². The number of aromatic nitrogens is 1. The Kier molecular flexibility index (Phi) is 5.04. The molecule has 1 aliphatic heterocycles. The third kappa shape index (κ3) is 3.65. The van der Waals surface area contributed by atoms with E-state index in [1.54, 1.807) is 12.1 Å². The first-order valence-electron chi connectivity index (χ1n) is 9.66. The molecule has 27 heavy (non-hydrogen) atoms. The van der Waals surface area contributed by atoms with E-state index in [1.165, 1.54) is 12.8 Å². The van der Waals surface area contributed by atoms with Crippen LogP contribution < -0.4 is 5.32 Å². The lowest BCUT2D eigenvalue weighted by molar-refractivity contribution is -0.129. The van der Waals surface area contributed by atoms with E-state index < -0.39 is 0 Å². The Morgan fingerprint density at radius 1 is 1.33 bits per heavy atom. The number of halogens is 1. The Balaban J connectivity index is 1.45. The van der Waals surface area contributed by atoms with Crippen molar-refractivity contribution in [2.45, 2.75) is 45.1 Å². The topological polar surface area (TPSA) is 62.3 Å². The Hall–Kier alpha value is -2.14. The van der Waals surface area contributed by atoms with Crippen molar-refractivity contribution >= 4 is 34.3 Å². The van der Waals surface area contributed by atoms with Crippen molar-refractivity contribution in [3.05, 3.63) is 40.5 Å². The van der Waals surface area contributed by atoms with Crippen LogP contribution in [0.25, 0.3) is 10.9 Å². The largest absolute Gasteiger partial charge is 0.352 e. The number of nitrogens with one attached hydrogen (secondary N) is 1. The normalized spacial score (nSPS) is 20.6. The van der Waals surface area contributed by atoms with Gasteiger partial charge < -0.3 is 10.2 Å². The van der Waals surface area contributed by atoms with E-state index in [0.717, 1.165) is 30.5 Å². The molecule has 5 nitrogen and oxygen atoms in total. The number of carbonyl (C=O) groups is 2. The summed E-state index contributed by atoms with van der Waals surface area (Å²) in [5.41, 5.74) is 1.98. The molecule has 0 radical (unpaired) electrons. The fourth-order valence-corrected chi connectivity index (χ4v) is 4.59. The first-order chi connectivity index (χ1) is 13.0. The number of hydrogen-bond donors (Lipinski definition) is 1. The molecule has 0 spiro atoms. The van der Waals surface area contributed by atoms with Gasteiger partial charge in [0.1, 0.15) is 0 Å². The fourth-order valence-electron chi connectivity index (χ4n) is 4.38. The zero-order valence-electron chi connectivity index (χ0n) is 15.5. The molecule has 1 aliphatic carbocycles. The first kappa shape index (κ1) is 18.2. The standard InChI is InChI=1S/C21H24ClN3O2/c1-13-9-17(16-7-4-8-18(22)20(16)24-13)21(27)23-11-14-10-19(26)25(12-14)15-5-2-3-6-15/h4,7-9,14-15H,2-3,5-6,10-12H2,1H3,(H,23,27)/t14-/m1/s1. The van der Waals surface area contributed by atoms with E-state index in [2.05, 4.69) is 10.3 Å². The van der Waals surface area contributed by atoms with E-state index in [0.29, 0.717) is 35.1 Å². The number of aryl methyl sites for hydroxylation is 1. The van der Waals surface area contributed by atoms with Crippen molar-refractivity contribution in [2.75, 3.05) is 13.1 Å². The van der Waals surface area contributed by atoms with Crippen molar-refractivity contribution in [3.63, 3.8) is 0 Å². The number of benzene rings is 1. The maximum atomic E-state index is 12.8. The van der Waals surface area contributed by atoms with Crippen LogP contribution in [0.4, 0.5) is 0 Å². The molecule has 1 saturated carbocycles. The smallest absolute Gasteiger partial charge is 0.252 e. The Labute approximate surface area is 164 Å². The van der Waals surface area contributed by atoms with Gasteiger partial charge in [0.2, 0.25) is 5.91 Å². The molecule has 2 heterocycles. The number of amides is 2. The van der Waals surface area contributed by atoms with Gasteiger partial charge in [0.15, 0.2) is 0 Å². The van der Waals surface area contributed by atoms with Gasteiger partial charge in [-0.15, -0.1) is 0 Å². The molecule has 1 atom stereocenters. The van der Waals surface area contributed by atoms with Crippen LogP contribution in [0.1, 0.15) is 48.2 Å². The molecule has 1 aromatic heterocycles. The number of likely N-dealkylation sites (tertiary alicyclic amines) is 1. The Morgan fingerprint density at radius 3 is 2.89 bits per heavy atom. The number of carbonyl (C=O) groups excluding carboxylic acids is 2. The molecule has 4 rings (SSSR count). The summed E-state index contributed by atoms with van der Waals surface area (Å²) in [4.78, 5) is 31.6. The molecule has 142 valence electrons. The molecule has 2 aromatic rings. The number of pyridine rings is 1. The Bertz CT molecular complexity index is 892. The van der Waals surface area contributed by atoms with Gasteiger partial charge in [-0.1, -0.05) is 36.6 Å². The van der Waals surface area contributed by atoms with E-state index in [-0.39, 0.29) is 17.7 Å². The molecule has 0 unspecified atom stereocenters. The minimum Gasteiger partial charge on any atom is -0.352 e. The van der Waals surface area contributed by atoms with Gasteiger partial charge in [-0.25, -0.2) is 0 Å². The van der Waals surface area contributed by atoms with Gasteiger partial charge in [0.05, 0.1) is 16.1 Å². The maximum Gasteiger partial charge on any atom is 0.252 e. The highest BCUT2D eigenvalue weighted by molar-refractivity contribution is 6.35. The quantitative estimate of drug-likeness (QED) is 0.872. The highest BCUT2D eigenvalue weighted by Crippen LogP contribution is 2.29. The summed E-state index contributed by atoms with van der Waals surface area (Å²) in [6.07, 6.45) is 5.19. The summed E-state index contributed by atoms with van der Waals surface area (Å²) in [5.74, 6) is 0.275. The molecule has 1 saturated heterocycles. The van der Waals surface area contributed by atoms with Gasteiger partial charge in [-0.3, -0.25) is 14.6 Å². The second-order valence-electron chi connectivity index (χ2n) is 7.71. The summed E-state index contributed by atoms with van der Waals surface area (Å²) >= 11 is 6.24. The van der Waals surface area contributed by atoms with Crippen LogP contribution in [0.2, 0.25) is 5.02 Å². The van der Waals surface area contributed by atoms with E-state index in [1.807, 2.05) is 24.0 Å². The van der Waals surface area contributed by atoms with Crippen LogP contribution in [-0.4, -0.2) is 40.8 Å². The maximum absolute atomic E-state index is 12.8. The van der Waals surface area contributed by atoms with Gasteiger partial charge in [-0.05, 0) is 31.9 Å². The minimum absolute atomic E-state index is 0.139. The van der Waals surface area contributed by atoms with Crippen LogP contribution in [-0.2, 0) is 4.79 Å². The third-order valence-electron chi connectivity index (χ3n) is 5.72. The van der Waals surface area contributed by atoms with Gasteiger partial charge in [-0.2, -0.15) is 0 Å². The fraction of sp³-hybridized carbons (Fsp3) is 0.476. The zero-order chi connectivity index (χ0) is 19.0. The monoisotopic (exact) mass is 385 g/mol. The Morgan fingerprint density at radius 2 is 2.11 bits per heavy atom. The predicted molar refractivity (Wildman–Crippen MR) is 106 cm³/mol. The van der Waals surface area contributed by atoms with Crippen molar-refractivity contribution in [2.24, 2.45) is 5.92 Å². The van der Waals surface area contributed by atoms with Gasteiger partial charge >= 0.3 is 0 Å². The summed E-state index contributed by atoms with van der Waals surface area (Å²) in [6, 6.07) is 7.67. The van der Waals surface area contributed by atoms with Crippen molar-refractivity contribution in [3.8, 4) is 0 Å². The molecule has 2 amide bonds. The highest BCUT2D eigenvalue weighted by atomic mass is 35.5. The summed E-state index contributed by atoms with van der Waals surface area (Å²) in [7, 11) is 0. The lowest BCUT2D eigenvalue weighted by atomic mass is 10.1. The molecule has 2 fully saturated rings. The molecule has 2 aliphatic rings. The minimum atomic E-state index is -0.139. The summed E-state index contributed by atoms with van der Waals surface area (Å²) in [6.45, 7) is 3.12. The predicted octanol–water partition coefficient (Wildman–Crippen LogP) is 3.72. The zero-order valence-corrected chi connectivity index (χ0v) is 16.3. The lowest BCUT2D eigenvalue weighted by Gasteiger charge is -2.24. The molecule has 1 aromatic carbocycles. The number of hydrogen-bond acceptors (Lipinski definition) is 3. The van der Waals surface area contributed by atoms with Crippen LogP contribution in [0.3, 0.4) is 0 Å². The summed E-state index contributed by atoms with van der Waals surface area (Å²) < 4.78 is 0. The average molecular weight is 386 g/mol. The van der Waals surface area contributed by atoms with Crippen molar-refractivity contribution < 1.29 is 9.59 Å². The van der Waals surface area contributed by atoms with Crippen LogP contribution >= 0.6 is 11.6 Å². The number of para-hydroxylation sites is 1. The first-order valence-corrected chi connectivity index (χ1v) is 10.0.